The Hall–Kier alpha value is -3.56. The lowest BCUT2D eigenvalue weighted by molar-refractivity contribution is -0.143. The molecule has 158 valence electrons. The van der Waals surface area contributed by atoms with Crippen LogP contribution in [0, 0.1) is 5.82 Å². The first-order chi connectivity index (χ1) is 14.3. The van der Waals surface area contributed by atoms with Crippen LogP contribution in [0.25, 0.3) is 16.6 Å². The summed E-state index contributed by atoms with van der Waals surface area (Å²) in [6, 6.07) is 5.56. The Morgan fingerprint density at radius 1 is 1.23 bits per heavy atom. The van der Waals surface area contributed by atoms with Gasteiger partial charge in [0.05, 0.1) is 24.2 Å². The van der Waals surface area contributed by atoms with Gasteiger partial charge >= 0.3 is 5.97 Å². The molecule has 1 aromatic carbocycles. The van der Waals surface area contributed by atoms with Gasteiger partial charge in [-0.25, -0.2) is 13.8 Å². The Morgan fingerprint density at radius 3 is 2.57 bits per heavy atom. The Balaban J connectivity index is 2.01. The molecule has 2 aromatic heterocycles. The van der Waals surface area contributed by atoms with E-state index in [0.717, 1.165) is 4.68 Å². The van der Waals surface area contributed by atoms with Crippen molar-refractivity contribution in [2.24, 2.45) is 0 Å². The number of hydrogen-bond acceptors (Lipinski definition) is 6. The summed E-state index contributed by atoms with van der Waals surface area (Å²) < 4.78 is 20.5. The topological polar surface area (TPSA) is 108 Å². The van der Waals surface area contributed by atoms with Crippen LogP contribution in [-0.2, 0) is 20.9 Å². The van der Waals surface area contributed by atoms with E-state index in [-0.39, 0.29) is 31.1 Å². The predicted molar refractivity (Wildman–Crippen MR) is 107 cm³/mol. The third-order valence-electron chi connectivity index (χ3n) is 4.36. The molecule has 0 fully saturated rings. The molecule has 0 aliphatic rings. The minimum Gasteiger partial charge on any atom is -0.465 e. The first-order valence-electron chi connectivity index (χ1n) is 9.48. The van der Waals surface area contributed by atoms with Crippen molar-refractivity contribution in [2.75, 3.05) is 13.2 Å². The third kappa shape index (κ3) is 4.37. The van der Waals surface area contributed by atoms with E-state index in [1.165, 1.54) is 35.1 Å². The summed E-state index contributed by atoms with van der Waals surface area (Å²) in [6.45, 7) is 5.02. The van der Waals surface area contributed by atoms with Crippen LogP contribution in [0.4, 0.5) is 4.39 Å². The zero-order valence-corrected chi connectivity index (χ0v) is 16.9. The van der Waals surface area contributed by atoms with E-state index >= 15 is 0 Å². The van der Waals surface area contributed by atoms with E-state index in [1.54, 1.807) is 6.92 Å². The minimum atomic E-state index is -0.570. The molecule has 0 unspecified atom stereocenters. The van der Waals surface area contributed by atoms with Crippen molar-refractivity contribution in [1.82, 2.24) is 24.9 Å². The molecule has 3 rings (SSSR count). The highest BCUT2D eigenvalue weighted by atomic mass is 19.1. The van der Waals surface area contributed by atoms with Crippen LogP contribution in [0.3, 0.4) is 0 Å². The molecule has 0 spiro atoms. The van der Waals surface area contributed by atoms with Crippen molar-refractivity contribution >= 4 is 22.8 Å². The van der Waals surface area contributed by atoms with Crippen LogP contribution in [0.5, 0.6) is 0 Å². The molecule has 0 saturated heterocycles. The van der Waals surface area contributed by atoms with Gasteiger partial charge in [0.25, 0.3) is 5.56 Å². The van der Waals surface area contributed by atoms with E-state index in [1.807, 2.05) is 13.8 Å². The van der Waals surface area contributed by atoms with Gasteiger partial charge in [-0.3, -0.25) is 14.4 Å². The molecule has 0 aliphatic carbocycles. The average Bonchev–Trinajstić information content (AvgIpc) is 3.14. The van der Waals surface area contributed by atoms with E-state index in [2.05, 4.69) is 15.5 Å². The highest BCUT2D eigenvalue weighted by Crippen LogP contribution is 2.23. The summed E-state index contributed by atoms with van der Waals surface area (Å²) >= 11 is 0. The fourth-order valence-corrected chi connectivity index (χ4v) is 2.98. The Bertz CT molecular complexity index is 1130. The van der Waals surface area contributed by atoms with Gasteiger partial charge in [0.2, 0.25) is 5.91 Å². The van der Waals surface area contributed by atoms with E-state index in [0.29, 0.717) is 16.8 Å². The molecular formula is C20H22FN5O4. The fraction of sp³-hybridized carbons (Fsp3) is 0.350. The molecule has 0 bridgehead atoms. The normalized spacial score (nSPS) is 11.1. The summed E-state index contributed by atoms with van der Waals surface area (Å²) in [5.74, 6) is -1.58. The largest absolute Gasteiger partial charge is 0.465 e. The molecular weight excluding hydrogens is 393 g/mol. The lowest BCUT2D eigenvalue weighted by Crippen LogP contribution is -2.37. The van der Waals surface area contributed by atoms with Gasteiger partial charge in [-0.2, -0.15) is 10.2 Å². The van der Waals surface area contributed by atoms with Crippen LogP contribution in [0.2, 0.25) is 0 Å². The second-order valence-corrected chi connectivity index (χ2v) is 6.88. The number of aromatic nitrogens is 4. The average molecular weight is 415 g/mol. The van der Waals surface area contributed by atoms with Gasteiger partial charge in [-0.15, -0.1) is 0 Å². The molecule has 10 heteroatoms. The summed E-state index contributed by atoms with van der Waals surface area (Å²) in [5.41, 5.74) is 0.805. The van der Waals surface area contributed by atoms with Crippen LogP contribution in [-0.4, -0.2) is 44.6 Å². The zero-order valence-electron chi connectivity index (χ0n) is 16.9. The molecule has 3 aromatic rings. The molecule has 0 atom stereocenters. The van der Waals surface area contributed by atoms with E-state index in [9.17, 15) is 18.8 Å². The number of nitrogens with one attached hydrogen (secondary N) is 1. The zero-order chi connectivity index (χ0) is 21.8. The number of esters is 1. The van der Waals surface area contributed by atoms with Crippen molar-refractivity contribution in [3.05, 3.63) is 52.3 Å². The number of carbonyl (C=O) groups is 2. The van der Waals surface area contributed by atoms with Crippen molar-refractivity contribution in [2.45, 2.75) is 33.2 Å². The summed E-state index contributed by atoms with van der Waals surface area (Å²) in [5, 5.41) is 11.6. The lowest BCUT2D eigenvalue weighted by atomic mass is 10.1. The molecule has 1 amide bonds. The summed E-state index contributed by atoms with van der Waals surface area (Å²) in [6.07, 6.45) is 1.54. The number of carbonyl (C=O) groups excluding carboxylic acids is 2. The Kier molecular flexibility index (Phi) is 6.24. The highest BCUT2D eigenvalue weighted by Gasteiger charge is 2.20. The minimum absolute atomic E-state index is 0.0483. The van der Waals surface area contributed by atoms with Crippen molar-refractivity contribution in [3.63, 3.8) is 0 Å². The van der Waals surface area contributed by atoms with Gasteiger partial charge in [-0.1, -0.05) is 13.8 Å². The van der Waals surface area contributed by atoms with Crippen molar-refractivity contribution in [3.8, 4) is 5.69 Å². The maximum absolute atomic E-state index is 13.3. The quantitative estimate of drug-likeness (QED) is 0.586. The van der Waals surface area contributed by atoms with Crippen molar-refractivity contribution in [1.29, 1.82) is 0 Å². The maximum atomic E-state index is 13.3. The van der Waals surface area contributed by atoms with Crippen LogP contribution in [0.15, 0.2) is 35.3 Å². The lowest BCUT2D eigenvalue weighted by Gasteiger charge is -2.12. The SMILES string of the molecule is CCOC(=O)CNC(=O)Cn1nc(C(C)C)c2cnn(-c3ccc(F)cc3)c2c1=O. The maximum Gasteiger partial charge on any atom is 0.325 e. The number of hydrogen-bond donors (Lipinski definition) is 1. The monoisotopic (exact) mass is 415 g/mol. The van der Waals surface area contributed by atoms with Gasteiger partial charge in [-0.05, 0) is 37.1 Å². The Labute approximate surface area is 171 Å². The van der Waals surface area contributed by atoms with Crippen LogP contribution >= 0.6 is 0 Å². The van der Waals surface area contributed by atoms with Crippen LogP contribution in [0.1, 0.15) is 32.4 Å². The summed E-state index contributed by atoms with van der Waals surface area (Å²) in [7, 11) is 0. The Morgan fingerprint density at radius 2 is 1.93 bits per heavy atom. The molecule has 0 saturated carbocycles. The van der Waals surface area contributed by atoms with Gasteiger partial charge in [0.15, 0.2) is 0 Å². The molecule has 2 heterocycles. The standard InChI is InChI=1S/C20H22FN5O4/c1-4-30-17(28)10-22-16(27)11-25-20(29)19-15(18(24-25)12(2)3)9-23-26(19)14-7-5-13(21)6-8-14/h5-9,12H,4,10-11H2,1-3H3,(H,22,27). The first-order valence-corrected chi connectivity index (χ1v) is 9.48. The predicted octanol–water partition coefficient (Wildman–Crippen LogP) is 1.52. The van der Waals surface area contributed by atoms with E-state index in [4.69, 9.17) is 4.74 Å². The number of fused-ring (bicyclic) bond motifs is 1. The van der Waals surface area contributed by atoms with Crippen LogP contribution < -0.4 is 10.9 Å². The molecule has 0 aliphatic heterocycles. The number of ether oxygens (including phenoxy) is 1. The summed E-state index contributed by atoms with van der Waals surface area (Å²) in [4.78, 5) is 36.8. The number of amides is 1. The molecule has 1 N–H and O–H groups in total. The van der Waals surface area contributed by atoms with Gasteiger partial charge in [0.1, 0.15) is 24.4 Å². The third-order valence-corrected chi connectivity index (χ3v) is 4.36. The number of rotatable bonds is 7. The fourth-order valence-electron chi connectivity index (χ4n) is 2.98. The van der Waals surface area contributed by atoms with E-state index < -0.39 is 23.3 Å². The molecule has 9 nitrogen and oxygen atoms in total. The van der Waals surface area contributed by atoms with Gasteiger partial charge in [0, 0.05) is 5.39 Å². The molecule has 0 radical (unpaired) electrons. The smallest absolute Gasteiger partial charge is 0.325 e. The highest BCUT2D eigenvalue weighted by molar-refractivity contribution is 5.84. The number of benzene rings is 1. The van der Waals surface area contributed by atoms with Crippen molar-refractivity contribution < 1.29 is 18.7 Å². The molecule has 30 heavy (non-hydrogen) atoms. The second-order valence-electron chi connectivity index (χ2n) is 6.88. The first kappa shape index (κ1) is 21.2. The number of halogens is 1. The number of nitrogens with zero attached hydrogens (tertiary/aromatic N) is 4. The van der Waals surface area contributed by atoms with Gasteiger partial charge < -0.3 is 10.1 Å². The second kappa shape index (κ2) is 8.85.